The van der Waals surface area contributed by atoms with Gasteiger partial charge in [0.1, 0.15) is 5.56 Å². The number of halogens is 2. The zero-order valence-electron chi connectivity index (χ0n) is 9.08. The van der Waals surface area contributed by atoms with E-state index in [2.05, 4.69) is 0 Å². The fraction of sp³-hybridized carbons (Fsp3) is 0.417. The molecule has 92 valence electrons. The molecular formula is C12H12Cl2O3. The van der Waals surface area contributed by atoms with E-state index in [1.807, 2.05) is 0 Å². The Morgan fingerprint density at radius 3 is 2.53 bits per heavy atom. The van der Waals surface area contributed by atoms with Gasteiger partial charge in [-0.25, -0.2) is 4.79 Å². The van der Waals surface area contributed by atoms with Gasteiger partial charge in [0, 0.05) is 5.02 Å². The maximum Gasteiger partial charge on any atom is 0.339 e. The lowest BCUT2D eigenvalue weighted by Crippen LogP contribution is -2.14. The minimum atomic E-state index is -1.08. The van der Waals surface area contributed by atoms with E-state index in [-0.39, 0.29) is 22.4 Å². The van der Waals surface area contributed by atoms with Crippen molar-refractivity contribution in [1.29, 1.82) is 0 Å². The number of carbonyl (C=O) groups is 1. The standard InChI is InChI=1S/C12H12Cl2O3/c13-7-5-9(12(15)16)11(10(14)6-7)17-8-3-1-2-4-8/h5-6,8H,1-4H2,(H,15,16). The molecule has 0 unspecified atom stereocenters. The van der Waals surface area contributed by atoms with Crippen LogP contribution in [0.5, 0.6) is 5.75 Å². The zero-order valence-corrected chi connectivity index (χ0v) is 10.6. The quantitative estimate of drug-likeness (QED) is 0.906. The molecule has 0 bridgehead atoms. The van der Waals surface area contributed by atoms with Crippen LogP contribution in [0.4, 0.5) is 0 Å². The van der Waals surface area contributed by atoms with Crippen LogP contribution in [0.2, 0.25) is 10.0 Å². The highest BCUT2D eigenvalue weighted by Crippen LogP contribution is 2.35. The molecule has 3 nitrogen and oxygen atoms in total. The first-order valence-corrected chi connectivity index (χ1v) is 6.22. The van der Waals surface area contributed by atoms with Crippen molar-refractivity contribution in [3.05, 3.63) is 27.7 Å². The Morgan fingerprint density at radius 1 is 1.29 bits per heavy atom. The van der Waals surface area contributed by atoms with Crippen LogP contribution in [0.3, 0.4) is 0 Å². The molecule has 0 aromatic heterocycles. The maximum absolute atomic E-state index is 11.1. The number of aromatic carboxylic acids is 1. The van der Waals surface area contributed by atoms with E-state index in [0.717, 1.165) is 25.7 Å². The third-order valence-corrected chi connectivity index (χ3v) is 3.32. The van der Waals surface area contributed by atoms with E-state index < -0.39 is 5.97 Å². The van der Waals surface area contributed by atoms with E-state index in [4.69, 9.17) is 33.0 Å². The Morgan fingerprint density at radius 2 is 1.94 bits per heavy atom. The summed E-state index contributed by atoms with van der Waals surface area (Å²) in [5.41, 5.74) is 0.0226. The van der Waals surface area contributed by atoms with Gasteiger partial charge in [0.2, 0.25) is 0 Å². The SMILES string of the molecule is O=C(O)c1cc(Cl)cc(Cl)c1OC1CCCC1. The van der Waals surface area contributed by atoms with E-state index in [1.165, 1.54) is 12.1 Å². The van der Waals surface area contributed by atoms with Crippen molar-refractivity contribution in [3.63, 3.8) is 0 Å². The monoisotopic (exact) mass is 274 g/mol. The van der Waals surface area contributed by atoms with Crippen LogP contribution in [0.25, 0.3) is 0 Å². The molecule has 0 atom stereocenters. The molecule has 0 saturated heterocycles. The van der Waals surface area contributed by atoms with Gasteiger partial charge in [-0.3, -0.25) is 0 Å². The molecule has 0 heterocycles. The first kappa shape index (κ1) is 12.5. The molecule has 1 N–H and O–H groups in total. The van der Waals surface area contributed by atoms with E-state index >= 15 is 0 Å². The first-order valence-electron chi connectivity index (χ1n) is 5.47. The van der Waals surface area contributed by atoms with Crippen LogP contribution < -0.4 is 4.74 Å². The lowest BCUT2D eigenvalue weighted by molar-refractivity contribution is 0.0689. The van der Waals surface area contributed by atoms with E-state index in [1.54, 1.807) is 0 Å². The summed E-state index contributed by atoms with van der Waals surface area (Å²) in [5.74, 6) is -0.849. The maximum atomic E-state index is 11.1. The van der Waals surface area contributed by atoms with Crippen molar-refractivity contribution < 1.29 is 14.6 Å². The van der Waals surface area contributed by atoms with Crippen LogP contribution in [-0.4, -0.2) is 17.2 Å². The number of ether oxygens (including phenoxy) is 1. The minimum Gasteiger partial charge on any atom is -0.488 e. The summed E-state index contributed by atoms with van der Waals surface area (Å²) in [6.07, 6.45) is 4.17. The van der Waals surface area contributed by atoms with E-state index in [9.17, 15) is 4.79 Å². The Bertz CT molecular complexity index is 440. The summed E-state index contributed by atoms with van der Waals surface area (Å²) in [7, 11) is 0. The van der Waals surface area contributed by atoms with E-state index in [0.29, 0.717) is 5.02 Å². The van der Waals surface area contributed by atoms with Gasteiger partial charge in [-0.1, -0.05) is 23.2 Å². The predicted octanol–water partition coefficient (Wildman–Crippen LogP) is 4.01. The molecule has 0 spiro atoms. The molecular weight excluding hydrogens is 263 g/mol. The van der Waals surface area contributed by atoms with Crippen molar-refractivity contribution in [2.45, 2.75) is 31.8 Å². The van der Waals surface area contributed by atoms with Gasteiger partial charge in [-0.2, -0.15) is 0 Å². The molecule has 1 aliphatic rings. The normalized spacial score (nSPS) is 16.1. The predicted molar refractivity (Wildman–Crippen MR) is 66.3 cm³/mol. The van der Waals surface area contributed by atoms with Gasteiger partial charge in [-0.05, 0) is 37.8 Å². The van der Waals surface area contributed by atoms with Crippen LogP contribution in [-0.2, 0) is 0 Å². The Balaban J connectivity index is 2.33. The number of benzene rings is 1. The number of carboxylic acid groups (broad SMARTS) is 1. The Hall–Kier alpha value is -0.930. The molecule has 0 amide bonds. The van der Waals surface area contributed by atoms with Crippen molar-refractivity contribution >= 4 is 29.2 Å². The summed E-state index contributed by atoms with van der Waals surface area (Å²) in [4.78, 5) is 11.1. The molecule has 5 heteroatoms. The van der Waals surface area contributed by atoms with Gasteiger partial charge in [0.15, 0.2) is 5.75 Å². The molecule has 1 fully saturated rings. The molecule has 0 radical (unpaired) electrons. The third-order valence-electron chi connectivity index (χ3n) is 2.83. The molecule has 1 saturated carbocycles. The second-order valence-electron chi connectivity index (χ2n) is 4.09. The molecule has 1 aromatic rings. The molecule has 1 aliphatic carbocycles. The summed E-state index contributed by atoms with van der Waals surface area (Å²) in [5, 5.41) is 9.64. The van der Waals surface area contributed by atoms with Crippen LogP contribution in [0, 0.1) is 0 Å². The zero-order chi connectivity index (χ0) is 12.4. The topological polar surface area (TPSA) is 46.5 Å². The van der Waals surface area contributed by atoms with Gasteiger partial charge < -0.3 is 9.84 Å². The highest BCUT2D eigenvalue weighted by atomic mass is 35.5. The van der Waals surface area contributed by atoms with Gasteiger partial charge in [-0.15, -0.1) is 0 Å². The summed E-state index contributed by atoms with van der Waals surface area (Å²) in [6.45, 7) is 0. The highest BCUT2D eigenvalue weighted by Gasteiger charge is 2.22. The van der Waals surface area contributed by atoms with Crippen LogP contribution >= 0.6 is 23.2 Å². The van der Waals surface area contributed by atoms with Crippen LogP contribution in [0.15, 0.2) is 12.1 Å². The van der Waals surface area contributed by atoms with Gasteiger partial charge in [0.05, 0.1) is 11.1 Å². The van der Waals surface area contributed by atoms with Crippen molar-refractivity contribution in [3.8, 4) is 5.75 Å². The van der Waals surface area contributed by atoms with Crippen molar-refractivity contribution in [2.75, 3.05) is 0 Å². The summed E-state index contributed by atoms with van der Waals surface area (Å²) < 4.78 is 5.68. The Kier molecular flexibility index (Phi) is 3.79. The number of rotatable bonds is 3. The lowest BCUT2D eigenvalue weighted by Gasteiger charge is -2.16. The van der Waals surface area contributed by atoms with Crippen molar-refractivity contribution in [2.24, 2.45) is 0 Å². The van der Waals surface area contributed by atoms with Gasteiger partial charge >= 0.3 is 5.97 Å². The smallest absolute Gasteiger partial charge is 0.339 e. The molecule has 17 heavy (non-hydrogen) atoms. The molecule has 0 aliphatic heterocycles. The summed E-state index contributed by atoms with van der Waals surface area (Å²) >= 11 is 11.8. The Labute approximate surface area is 109 Å². The molecule has 2 rings (SSSR count). The average molecular weight is 275 g/mol. The fourth-order valence-corrected chi connectivity index (χ4v) is 2.55. The summed E-state index contributed by atoms with van der Waals surface area (Å²) in [6, 6.07) is 2.86. The largest absolute Gasteiger partial charge is 0.488 e. The third kappa shape index (κ3) is 2.85. The minimum absolute atomic E-state index is 0.0226. The number of hydrogen-bond donors (Lipinski definition) is 1. The number of hydrogen-bond acceptors (Lipinski definition) is 2. The second-order valence-corrected chi connectivity index (χ2v) is 4.94. The number of carboxylic acids is 1. The fourth-order valence-electron chi connectivity index (χ4n) is 2.01. The lowest BCUT2D eigenvalue weighted by atomic mass is 10.2. The molecule has 1 aromatic carbocycles. The van der Waals surface area contributed by atoms with Crippen LogP contribution in [0.1, 0.15) is 36.0 Å². The first-order chi connectivity index (χ1) is 8.08. The highest BCUT2D eigenvalue weighted by molar-refractivity contribution is 6.36. The van der Waals surface area contributed by atoms with Gasteiger partial charge in [0.25, 0.3) is 0 Å². The van der Waals surface area contributed by atoms with Crippen molar-refractivity contribution in [1.82, 2.24) is 0 Å². The second kappa shape index (κ2) is 5.15. The average Bonchev–Trinajstić information content (AvgIpc) is 2.74.